The number of carbonyl (C=O) groups is 1. The van der Waals surface area contributed by atoms with Crippen LogP contribution in [0.1, 0.15) is 24.5 Å². The number of hydrogen-bond donors (Lipinski definition) is 1. The Labute approximate surface area is 127 Å². The molecule has 0 saturated carbocycles. The smallest absolute Gasteiger partial charge is 0.381 e. The van der Waals surface area contributed by atoms with Crippen molar-refractivity contribution in [2.24, 2.45) is 5.92 Å². The van der Waals surface area contributed by atoms with E-state index < -0.39 is 11.7 Å². The molecule has 22 heavy (non-hydrogen) atoms. The Morgan fingerprint density at radius 3 is 2.77 bits per heavy atom. The molecule has 1 N–H and O–H groups in total. The molecule has 1 atom stereocenters. The molecule has 2 rings (SSSR count). The van der Waals surface area contributed by atoms with Gasteiger partial charge in [0.2, 0.25) is 5.91 Å². The first kappa shape index (κ1) is 16.5. The summed E-state index contributed by atoms with van der Waals surface area (Å²) < 4.78 is 44.1. The van der Waals surface area contributed by atoms with Gasteiger partial charge in [0, 0.05) is 25.1 Å². The molecule has 0 aromatic heterocycles. The van der Waals surface area contributed by atoms with Gasteiger partial charge in [0.25, 0.3) is 0 Å². The van der Waals surface area contributed by atoms with Gasteiger partial charge in [0.05, 0.1) is 12.2 Å². The Balaban J connectivity index is 2.06. The van der Waals surface area contributed by atoms with Crippen LogP contribution in [-0.4, -0.2) is 25.7 Å². The van der Waals surface area contributed by atoms with E-state index in [0.717, 1.165) is 12.5 Å². The number of ether oxygens (including phenoxy) is 1. The van der Waals surface area contributed by atoms with Gasteiger partial charge in [0.15, 0.2) is 0 Å². The van der Waals surface area contributed by atoms with Crippen LogP contribution < -0.4 is 5.32 Å². The van der Waals surface area contributed by atoms with Crippen LogP contribution in [0.5, 0.6) is 0 Å². The minimum atomic E-state index is -4.44. The van der Waals surface area contributed by atoms with E-state index in [1.165, 1.54) is 31.2 Å². The highest BCUT2D eigenvalue weighted by Crippen LogP contribution is 2.34. The number of amides is 1. The number of carbonyl (C=O) groups excluding carboxylic acids is 1. The Bertz CT molecular complexity index is 561. The standard InChI is InChI=1S/C16H18F3NO2/c1-11(8-15(21)20-9-12-6-7-22-10-12)13-4-2-3-5-14(13)16(17,18)19/h2-5,8,12H,6-7,9-10H2,1H3,(H,20,21)/b11-8-. The minimum absolute atomic E-state index is 0.0225. The number of halogens is 3. The van der Waals surface area contributed by atoms with Crippen LogP contribution in [0.4, 0.5) is 13.2 Å². The summed E-state index contributed by atoms with van der Waals surface area (Å²) in [5.41, 5.74) is -0.428. The molecule has 6 heteroatoms. The summed E-state index contributed by atoms with van der Waals surface area (Å²) in [6.45, 7) is 3.28. The second-order valence-corrected chi connectivity index (χ2v) is 5.35. The third-order valence-electron chi connectivity index (χ3n) is 3.59. The lowest BCUT2D eigenvalue weighted by Gasteiger charge is -2.13. The molecular formula is C16H18F3NO2. The zero-order chi connectivity index (χ0) is 16.2. The maximum Gasteiger partial charge on any atom is 0.416 e. The average molecular weight is 313 g/mol. The third-order valence-corrected chi connectivity index (χ3v) is 3.59. The summed E-state index contributed by atoms with van der Waals surface area (Å²) in [4.78, 5) is 11.8. The highest BCUT2D eigenvalue weighted by molar-refractivity contribution is 5.95. The molecule has 3 nitrogen and oxygen atoms in total. The van der Waals surface area contributed by atoms with Gasteiger partial charge in [0.1, 0.15) is 0 Å². The molecule has 0 spiro atoms. The van der Waals surface area contributed by atoms with Gasteiger partial charge in [-0.15, -0.1) is 0 Å². The number of benzene rings is 1. The Morgan fingerprint density at radius 2 is 2.14 bits per heavy atom. The Morgan fingerprint density at radius 1 is 1.41 bits per heavy atom. The van der Waals surface area contributed by atoms with E-state index in [1.807, 2.05) is 0 Å². The molecule has 1 aromatic rings. The largest absolute Gasteiger partial charge is 0.416 e. The lowest BCUT2D eigenvalue weighted by Crippen LogP contribution is -2.28. The van der Waals surface area contributed by atoms with Crippen molar-refractivity contribution in [2.75, 3.05) is 19.8 Å². The molecule has 1 aliphatic rings. The van der Waals surface area contributed by atoms with Gasteiger partial charge >= 0.3 is 6.18 Å². The molecule has 1 aromatic carbocycles. The van der Waals surface area contributed by atoms with E-state index in [2.05, 4.69) is 5.32 Å². The lowest BCUT2D eigenvalue weighted by molar-refractivity contribution is -0.137. The van der Waals surface area contributed by atoms with Crippen LogP contribution >= 0.6 is 0 Å². The van der Waals surface area contributed by atoms with Gasteiger partial charge < -0.3 is 10.1 Å². The maximum absolute atomic E-state index is 13.0. The summed E-state index contributed by atoms with van der Waals surface area (Å²) in [5.74, 6) is -0.110. The van der Waals surface area contributed by atoms with Crippen LogP contribution in [0.3, 0.4) is 0 Å². The van der Waals surface area contributed by atoms with E-state index in [-0.39, 0.29) is 23.0 Å². The van der Waals surface area contributed by atoms with Crippen LogP contribution in [0, 0.1) is 5.92 Å². The monoisotopic (exact) mass is 313 g/mol. The fraction of sp³-hybridized carbons (Fsp3) is 0.438. The molecule has 120 valence electrons. The average Bonchev–Trinajstić information content (AvgIpc) is 2.97. The fourth-order valence-corrected chi connectivity index (χ4v) is 2.39. The summed E-state index contributed by atoms with van der Waals surface area (Å²) in [5, 5.41) is 2.71. The first-order chi connectivity index (χ1) is 10.4. The highest BCUT2D eigenvalue weighted by Gasteiger charge is 2.33. The SMILES string of the molecule is C/C(=C/C(=O)NCC1CCOC1)c1ccccc1C(F)(F)F. The molecule has 1 fully saturated rings. The summed E-state index contributed by atoms with van der Waals surface area (Å²) >= 11 is 0. The molecule has 0 radical (unpaired) electrons. The minimum Gasteiger partial charge on any atom is -0.381 e. The first-order valence-electron chi connectivity index (χ1n) is 7.08. The number of allylic oxidation sites excluding steroid dienone is 1. The van der Waals surface area contributed by atoms with Crippen molar-refractivity contribution in [1.82, 2.24) is 5.32 Å². The summed E-state index contributed by atoms with van der Waals surface area (Å²) in [7, 11) is 0. The third kappa shape index (κ3) is 4.34. The molecule has 1 amide bonds. The molecular weight excluding hydrogens is 295 g/mol. The molecule has 0 bridgehead atoms. The maximum atomic E-state index is 13.0. The normalized spacial score (nSPS) is 19.3. The van der Waals surface area contributed by atoms with Crippen molar-refractivity contribution in [3.63, 3.8) is 0 Å². The Kier molecular flexibility index (Phi) is 5.24. The number of nitrogens with one attached hydrogen (secondary N) is 1. The predicted molar refractivity (Wildman–Crippen MR) is 77.0 cm³/mol. The molecule has 1 unspecified atom stereocenters. The van der Waals surface area contributed by atoms with Crippen molar-refractivity contribution < 1.29 is 22.7 Å². The van der Waals surface area contributed by atoms with Crippen molar-refractivity contribution in [1.29, 1.82) is 0 Å². The quantitative estimate of drug-likeness (QED) is 0.867. The van der Waals surface area contributed by atoms with Gasteiger partial charge in [-0.1, -0.05) is 18.2 Å². The zero-order valence-electron chi connectivity index (χ0n) is 12.2. The van der Waals surface area contributed by atoms with Gasteiger partial charge in [-0.2, -0.15) is 13.2 Å². The second kappa shape index (κ2) is 6.96. The van der Waals surface area contributed by atoms with Crippen molar-refractivity contribution in [3.05, 3.63) is 41.5 Å². The van der Waals surface area contributed by atoms with Gasteiger partial charge in [-0.05, 0) is 30.5 Å². The van der Waals surface area contributed by atoms with Crippen LogP contribution in [-0.2, 0) is 15.7 Å². The predicted octanol–water partition coefficient (Wildman–Crippen LogP) is 3.26. The van der Waals surface area contributed by atoms with E-state index >= 15 is 0 Å². The lowest BCUT2D eigenvalue weighted by atomic mass is 10.00. The number of rotatable bonds is 4. The zero-order valence-corrected chi connectivity index (χ0v) is 12.2. The van der Waals surface area contributed by atoms with E-state index in [0.29, 0.717) is 19.8 Å². The van der Waals surface area contributed by atoms with Crippen molar-refractivity contribution in [3.8, 4) is 0 Å². The summed E-state index contributed by atoms with van der Waals surface area (Å²) in [6, 6.07) is 5.24. The highest BCUT2D eigenvalue weighted by atomic mass is 19.4. The van der Waals surface area contributed by atoms with Crippen molar-refractivity contribution in [2.45, 2.75) is 19.5 Å². The number of hydrogen-bond acceptors (Lipinski definition) is 2. The topological polar surface area (TPSA) is 38.3 Å². The first-order valence-corrected chi connectivity index (χ1v) is 7.08. The molecule has 1 saturated heterocycles. The number of alkyl halides is 3. The molecule has 1 heterocycles. The molecule has 0 aliphatic carbocycles. The van der Waals surface area contributed by atoms with Crippen LogP contribution in [0.15, 0.2) is 30.3 Å². The Hall–Kier alpha value is -1.82. The van der Waals surface area contributed by atoms with Gasteiger partial charge in [-0.3, -0.25) is 4.79 Å². The van der Waals surface area contributed by atoms with Crippen molar-refractivity contribution >= 4 is 11.5 Å². The summed E-state index contributed by atoms with van der Waals surface area (Å²) in [6.07, 6.45) is -2.34. The van der Waals surface area contributed by atoms with Gasteiger partial charge in [-0.25, -0.2) is 0 Å². The van der Waals surface area contributed by atoms with E-state index in [1.54, 1.807) is 0 Å². The van der Waals surface area contributed by atoms with Crippen LogP contribution in [0.2, 0.25) is 0 Å². The molecule has 1 aliphatic heterocycles. The second-order valence-electron chi connectivity index (χ2n) is 5.35. The van der Waals surface area contributed by atoms with Crippen LogP contribution in [0.25, 0.3) is 5.57 Å². The fourth-order valence-electron chi connectivity index (χ4n) is 2.39. The van der Waals surface area contributed by atoms with E-state index in [9.17, 15) is 18.0 Å². The van der Waals surface area contributed by atoms with E-state index in [4.69, 9.17) is 4.74 Å².